The van der Waals surface area contributed by atoms with Crippen LogP contribution >= 0.6 is 0 Å². The van der Waals surface area contributed by atoms with Gasteiger partial charge < -0.3 is 14.2 Å². The molecule has 3 aromatic carbocycles. The first-order valence-corrected chi connectivity index (χ1v) is 12.7. The van der Waals surface area contributed by atoms with E-state index in [0.29, 0.717) is 17.7 Å². The number of hydrogen-bond donors (Lipinski definition) is 0. The van der Waals surface area contributed by atoms with Crippen LogP contribution in [0.25, 0.3) is 22.3 Å². The fourth-order valence-corrected chi connectivity index (χ4v) is 3.71. The van der Waals surface area contributed by atoms with Gasteiger partial charge in [-0.25, -0.2) is 14.4 Å². The molecule has 0 saturated carbocycles. The van der Waals surface area contributed by atoms with E-state index >= 15 is 0 Å². The summed E-state index contributed by atoms with van der Waals surface area (Å²) in [5, 5.41) is 0. The quantitative estimate of drug-likeness (QED) is 0.122. The minimum atomic E-state index is -0.919. The Hall–Kier alpha value is -4.78. The number of hydrogen-bond acceptors (Lipinski definition) is 7. The van der Waals surface area contributed by atoms with E-state index in [1.165, 1.54) is 0 Å². The maximum atomic E-state index is 11.8. The molecule has 0 aliphatic heterocycles. The van der Waals surface area contributed by atoms with Gasteiger partial charge in [0.05, 0.1) is 13.2 Å². The van der Waals surface area contributed by atoms with Crippen LogP contribution in [0.2, 0.25) is 0 Å². The average Bonchev–Trinajstić information content (AvgIpc) is 2.94. The van der Waals surface area contributed by atoms with Gasteiger partial charge in [-0.3, -0.25) is 4.79 Å². The number of benzene rings is 3. The summed E-state index contributed by atoms with van der Waals surface area (Å²) in [6.07, 6.45) is 0.478. The lowest BCUT2D eigenvalue weighted by molar-refractivity contribution is -0.155. The molecule has 7 heteroatoms. The molecule has 0 amide bonds. The van der Waals surface area contributed by atoms with E-state index in [0.717, 1.165) is 34.7 Å². The van der Waals surface area contributed by atoms with Crippen LogP contribution in [0.3, 0.4) is 0 Å². The number of ketones is 1. The van der Waals surface area contributed by atoms with Crippen LogP contribution in [0.5, 0.6) is 5.75 Å². The number of esters is 3. The van der Waals surface area contributed by atoms with E-state index in [-0.39, 0.29) is 24.7 Å². The summed E-state index contributed by atoms with van der Waals surface area (Å²) in [4.78, 5) is 46.4. The van der Waals surface area contributed by atoms with Gasteiger partial charge in [-0.2, -0.15) is 0 Å². The van der Waals surface area contributed by atoms with Crippen molar-refractivity contribution in [1.29, 1.82) is 0 Å². The number of carbonyl (C=O) groups is 4. The zero-order valence-corrected chi connectivity index (χ0v) is 22.9. The van der Waals surface area contributed by atoms with Gasteiger partial charge in [-0.1, -0.05) is 73.8 Å². The normalized spacial score (nSPS) is 11.2. The Kier molecular flexibility index (Phi) is 10.3. The average molecular weight is 541 g/mol. The highest BCUT2D eigenvalue weighted by molar-refractivity contribution is 6.32. The summed E-state index contributed by atoms with van der Waals surface area (Å²) in [6, 6.07) is 23.3. The van der Waals surface area contributed by atoms with Crippen molar-refractivity contribution in [3.8, 4) is 28.0 Å². The molecule has 1 unspecified atom stereocenters. The van der Waals surface area contributed by atoms with Gasteiger partial charge in [0, 0.05) is 24.0 Å². The number of carbonyl (C=O) groups excluding carboxylic acids is 4. The molecule has 0 radical (unpaired) electrons. The summed E-state index contributed by atoms with van der Waals surface area (Å²) in [5.41, 5.74) is 5.63. The van der Waals surface area contributed by atoms with Gasteiger partial charge in [-0.15, -0.1) is 0 Å². The minimum absolute atomic E-state index is 0.0252. The third-order valence-corrected chi connectivity index (χ3v) is 5.98. The molecule has 1 atom stereocenters. The van der Waals surface area contributed by atoms with Gasteiger partial charge in [0.1, 0.15) is 5.75 Å². The molecular formula is C33H32O7. The molecule has 3 rings (SSSR count). The second kappa shape index (κ2) is 13.8. The fraction of sp³-hybridized carbons (Fsp3) is 0.212. The first kappa shape index (κ1) is 29.8. The second-order valence-corrected chi connectivity index (χ2v) is 9.57. The summed E-state index contributed by atoms with van der Waals surface area (Å²) in [5.74, 6) is -2.45. The van der Waals surface area contributed by atoms with Crippen LogP contribution < -0.4 is 4.74 Å². The van der Waals surface area contributed by atoms with Crippen LogP contribution in [-0.4, -0.2) is 36.9 Å². The van der Waals surface area contributed by atoms with Crippen molar-refractivity contribution in [2.24, 2.45) is 5.92 Å². The molecule has 0 spiro atoms. The Morgan fingerprint density at radius 3 is 1.43 bits per heavy atom. The van der Waals surface area contributed by atoms with Gasteiger partial charge in [0.25, 0.3) is 0 Å². The first-order valence-electron chi connectivity index (χ1n) is 12.7. The van der Waals surface area contributed by atoms with E-state index in [4.69, 9.17) is 14.2 Å². The fourth-order valence-electron chi connectivity index (χ4n) is 3.71. The maximum absolute atomic E-state index is 11.8. The van der Waals surface area contributed by atoms with Crippen LogP contribution in [0.4, 0.5) is 0 Å². The molecule has 0 N–H and O–H groups in total. The molecule has 3 aromatic rings. The Bertz CT molecular complexity index is 1370. The van der Waals surface area contributed by atoms with Crippen molar-refractivity contribution in [3.05, 3.63) is 103 Å². The zero-order chi connectivity index (χ0) is 29.2. The van der Waals surface area contributed by atoms with Gasteiger partial charge >= 0.3 is 17.9 Å². The third-order valence-electron chi connectivity index (χ3n) is 5.98. The topological polar surface area (TPSA) is 96.0 Å². The predicted octanol–water partition coefficient (Wildman–Crippen LogP) is 5.91. The monoisotopic (exact) mass is 540 g/mol. The molecule has 0 saturated heterocycles. The van der Waals surface area contributed by atoms with Gasteiger partial charge in [0.2, 0.25) is 5.78 Å². The minimum Gasteiger partial charge on any atom is -0.462 e. The van der Waals surface area contributed by atoms with Gasteiger partial charge in [0.15, 0.2) is 0 Å². The van der Waals surface area contributed by atoms with E-state index < -0.39 is 23.7 Å². The lowest BCUT2D eigenvalue weighted by Crippen LogP contribution is -2.25. The Morgan fingerprint density at radius 1 is 0.600 bits per heavy atom. The van der Waals surface area contributed by atoms with Crippen molar-refractivity contribution < 1.29 is 33.4 Å². The highest BCUT2D eigenvalue weighted by Gasteiger charge is 2.18. The molecule has 7 nitrogen and oxygen atoms in total. The Morgan fingerprint density at radius 2 is 1.00 bits per heavy atom. The van der Waals surface area contributed by atoms with Crippen LogP contribution in [0.15, 0.2) is 97.1 Å². The van der Waals surface area contributed by atoms with E-state index in [1.54, 1.807) is 26.0 Å². The van der Waals surface area contributed by atoms with E-state index in [2.05, 4.69) is 13.2 Å². The third kappa shape index (κ3) is 8.63. The van der Waals surface area contributed by atoms with Crippen molar-refractivity contribution in [2.45, 2.75) is 27.2 Å². The molecule has 0 aromatic heterocycles. The maximum Gasteiger partial charge on any atom is 0.374 e. The van der Waals surface area contributed by atoms with Crippen molar-refractivity contribution in [1.82, 2.24) is 0 Å². The zero-order valence-electron chi connectivity index (χ0n) is 22.9. The number of Topliss-reactive ketones (excluding diaryl/α,β-unsaturated/α-hetero) is 1. The molecule has 0 aliphatic carbocycles. The van der Waals surface area contributed by atoms with E-state index in [1.807, 2.05) is 60.7 Å². The molecule has 0 heterocycles. The molecule has 206 valence electrons. The standard InChI is InChI=1S/C33H32O7/c1-21(2)31(35)38-19-25(20-39-33(37)23(5)34)18-24-6-8-26(9-7-24)27-10-12-28(13-11-27)29-14-16-30(17-15-29)40-32(36)22(3)4/h6-17,25H,1,3,18-20H2,2,4-5H3. The predicted molar refractivity (Wildman–Crippen MR) is 152 cm³/mol. The summed E-state index contributed by atoms with van der Waals surface area (Å²) < 4.78 is 15.6. The number of ether oxygens (including phenoxy) is 3. The summed E-state index contributed by atoms with van der Waals surface area (Å²) in [7, 11) is 0. The molecular weight excluding hydrogens is 508 g/mol. The van der Waals surface area contributed by atoms with Crippen LogP contribution in [0.1, 0.15) is 26.3 Å². The van der Waals surface area contributed by atoms with Crippen molar-refractivity contribution in [2.75, 3.05) is 13.2 Å². The summed E-state index contributed by atoms with van der Waals surface area (Å²) >= 11 is 0. The SMILES string of the molecule is C=C(C)C(=O)OCC(COC(=O)C(C)=O)Cc1ccc(-c2ccc(-c3ccc(OC(=O)C(=C)C)cc3)cc2)cc1. The number of rotatable bonds is 12. The highest BCUT2D eigenvalue weighted by Crippen LogP contribution is 2.27. The first-order chi connectivity index (χ1) is 19.0. The van der Waals surface area contributed by atoms with Crippen LogP contribution in [-0.2, 0) is 35.1 Å². The largest absolute Gasteiger partial charge is 0.462 e. The lowest BCUT2D eigenvalue weighted by Gasteiger charge is -2.17. The Balaban J connectivity index is 1.66. The lowest BCUT2D eigenvalue weighted by atomic mass is 9.96. The molecule has 0 bridgehead atoms. The van der Waals surface area contributed by atoms with Crippen molar-refractivity contribution >= 4 is 23.7 Å². The highest BCUT2D eigenvalue weighted by atomic mass is 16.6. The van der Waals surface area contributed by atoms with Crippen molar-refractivity contribution in [3.63, 3.8) is 0 Å². The second-order valence-electron chi connectivity index (χ2n) is 9.57. The van der Waals surface area contributed by atoms with E-state index in [9.17, 15) is 19.2 Å². The van der Waals surface area contributed by atoms with Crippen LogP contribution in [0, 0.1) is 5.92 Å². The Labute approximate surface area is 234 Å². The molecule has 40 heavy (non-hydrogen) atoms. The summed E-state index contributed by atoms with van der Waals surface area (Å²) in [6.45, 7) is 11.4. The molecule has 0 fully saturated rings. The molecule has 0 aliphatic rings. The van der Waals surface area contributed by atoms with Gasteiger partial charge in [-0.05, 0) is 60.2 Å². The smallest absolute Gasteiger partial charge is 0.374 e.